The number of carbonyl (C=O) groups excluding carboxylic acids is 1. The molecule has 1 aliphatic heterocycles. The third-order valence-electron chi connectivity index (χ3n) is 4.38. The minimum absolute atomic E-state index is 0.115. The van der Waals surface area contributed by atoms with Crippen LogP contribution in [0.2, 0.25) is 0 Å². The summed E-state index contributed by atoms with van der Waals surface area (Å²) in [4.78, 5) is 29.4. The SMILES string of the molecule is O=C(O)CC1CCN(C(=O)c2csc(Cc3cccc(F)c3)n2)CC1. The summed E-state index contributed by atoms with van der Waals surface area (Å²) in [6.07, 6.45) is 2.07. The smallest absolute Gasteiger partial charge is 0.303 e. The molecule has 1 saturated heterocycles. The summed E-state index contributed by atoms with van der Waals surface area (Å²) in [6.45, 7) is 1.13. The van der Waals surface area contributed by atoms with Gasteiger partial charge in [-0.2, -0.15) is 0 Å². The first-order valence-electron chi connectivity index (χ1n) is 8.21. The Hall–Kier alpha value is -2.28. The van der Waals surface area contributed by atoms with Crippen molar-refractivity contribution in [1.82, 2.24) is 9.88 Å². The van der Waals surface area contributed by atoms with Gasteiger partial charge in [-0.15, -0.1) is 11.3 Å². The third kappa shape index (κ3) is 4.63. The molecule has 0 bridgehead atoms. The van der Waals surface area contributed by atoms with Crippen LogP contribution in [-0.2, 0) is 11.2 Å². The molecule has 5 nitrogen and oxygen atoms in total. The number of carboxylic acids is 1. The fourth-order valence-electron chi connectivity index (χ4n) is 3.06. The van der Waals surface area contributed by atoms with Crippen molar-refractivity contribution < 1.29 is 19.1 Å². The van der Waals surface area contributed by atoms with Crippen LogP contribution < -0.4 is 0 Å². The lowest BCUT2D eigenvalue weighted by atomic mass is 9.93. The Kier molecular flexibility index (Phi) is 5.43. The van der Waals surface area contributed by atoms with Crippen LogP contribution in [0.5, 0.6) is 0 Å². The Labute approximate surface area is 149 Å². The Morgan fingerprint density at radius 2 is 2.08 bits per heavy atom. The number of aliphatic carboxylic acids is 1. The van der Waals surface area contributed by atoms with Crippen LogP contribution in [0.15, 0.2) is 29.6 Å². The number of halogens is 1. The average molecular weight is 362 g/mol. The van der Waals surface area contributed by atoms with Crippen molar-refractivity contribution in [2.45, 2.75) is 25.7 Å². The molecule has 0 atom stereocenters. The molecule has 0 spiro atoms. The molecule has 0 unspecified atom stereocenters. The number of aromatic nitrogens is 1. The van der Waals surface area contributed by atoms with Gasteiger partial charge in [-0.25, -0.2) is 9.37 Å². The summed E-state index contributed by atoms with van der Waals surface area (Å²) in [5.74, 6) is -1.04. The van der Waals surface area contributed by atoms with Crippen LogP contribution in [-0.4, -0.2) is 40.0 Å². The van der Waals surface area contributed by atoms with Crippen LogP contribution in [0.25, 0.3) is 0 Å². The topological polar surface area (TPSA) is 70.5 Å². The highest BCUT2D eigenvalue weighted by molar-refractivity contribution is 7.09. The van der Waals surface area contributed by atoms with Crippen LogP contribution in [0.4, 0.5) is 4.39 Å². The highest BCUT2D eigenvalue weighted by atomic mass is 32.1. The quantitative estimate of drug-likeness (QED) is 0.887. The summed E-state index contributed by atoms with van der Waals surface area (Å²) < 4.78 is 13.2. The first kappa shape index (κ1) is 17.5. The lowest BCUT2D eigenvalue weighted by molar-refractivity contribution is -0.138. The summed E-state index contributed by atoms with van der Waals surface area (Å²) in [5, 5.41) is 11.4. The zero-order chi connectivity index (χ0) is 17.8. The van der Waals surface area contributed by atoms with Gasteiger partial charge >= 0.3 is 5.97 Å². The molecule has 1 aromatic carbocycles. The number of likely N-dealkylation sites (tertiary alicyclic amines) is 1. The van der Waals surface area contributed by atoms with Crippen molar-refractivity contribution in [3.63, 3.8) is 0 Å². The Bertz CT molecular complexity index is 769. The van der Waals surface area contributed by atoms with E-state index in [-0.39, 0.29) is 24.1 Å². The van der Waals surface area contributed by atoms with Crippen LogP contribution in [0.3, 0.4) is 0 Å². The van der Waals surface area contributed by atoms with Gasteiger partial charge in [0, 0.05) is 31.3 Å². The average Bonchev–Trinajstić information content (AvgIpc) is 3.03. The molecule has 0 aliphatic carbocycles. The van der Waals surface area contributed by atoms with Gasteiger partial charge in [0.05, 0.1) is 5.01 Å². The van der Waals surface area contributed by atoms with E-state index < -0.39 is 5.97 Å². The molecule has 132 valence electrons. The third-order valence-corrected chi connectivity index (χ3v) is 5.23. The van der Waals surface area contributed by atoms with Crippen molar-refractivity contribution in [2.24, 2.45) is 5.92 Å². The van der Waals surface area contributed by atoms with E-state index in [1.54, 1.807) is 16.3 Å². The van der Waals surface area contributed by atoms with Gasteiger partial charge in [0.15, 0.2) is 0 Å². The number of thiazole rings is 1. The molecule has 2 aromatic rings. The first-order chi connectivity index (χ1) is 12.0. The predicted octanol–water partition coefficient (Wildman–Crippen LogP) is 3.20. The molecular formula is C18H19FN2O3S. The number of hydrogen-bond donors (Lipinski definition) is 1. The Balaban J connectivity index is 1.59. The predicted molar refractivity (Wildman–Crippen MR) is 92.2 cm³/mol. The highest BCUT2D eigenvalue weighted by Gasteiger charge is 2.26. The Morgan fingerprint density at radius 3 is 2.76 bits per heavy atom. The lowest BCUT2D eigenvalue weighted by Crippen LogP contribution is -2.39. The second kappa shape index (κ2) is 7.74. The van der Waals surface area contributed by atoms with Crippen LogP contribution in [0, 0.1) is 11.7 Å². The highest BCUT2D eigenvalue weighted by Crippen LogP contribution is 2.23. The molecule has 1 aromatic heterocycles. The maximum absolute atomic E-state index is 13.2. The van der Waals surface area contributed by atoms with Gasteiger partial charge in [0.1, 0.15) is 11.5 Å². The summed E-state index contributed by atoms with van der Waals surface area (Å²) in [5.41, 5.74) is 1.23. The molecule has 2 heterocycles. The fraction of sp³-hybridized carbons (Fsp3) is 0.389. The maximum Gasteiger partial charge on any atom is 0.303 e. The molecule has 25 heavy (non-hydrogen) atoms. The fourth-order valence-corrected chi connectivity index (χ4v) is 3.86. The van der Waals surface area contributed by atoms with E-state index in [9.17, 15) is 14.0 Å². The van der Waals surface area contributed by atoms with E-state index in [1.165, 1.54) is 23.5 Å². The molecule has 0 radical (unpaired) electrons. The van der Waals surface area contributed by atoms with Gasteiger partial charge in [0.25, 0.3) is 5.91 Å². The number of hydrogen-bond acceptors (Lipinski definition) is 4. The molecule has 1 amide bonds. The van der Waals surface area contributed by atoms with E-state index in [4.69, 9.17) is 5.11 Å². The van der Waals surface area contributed by atoms with Crippen molar-refractivity contribution in [2.75, 3.05) is 13.1 Å². The largest absolute Gasteiger partial charge is 0.481 e. The van der Waals surface area contributed by atoms with E-state index in [2.05, 4.69) is 4.98 Å². The van der Waals surface area contributed by atoms with Crippen LogP contribution >= 0.6 is 11.3 Å². The number of benzene rings is 1. The number of rotatable bonds is 5. The zero-order valence-corrected chi connectivity index (χ0v) is 14.5. The Morgan fingerprint density at radius 1 is 1.32 bits per heavy atom. The molecule has 1 N–H and O–H groups in total. The van der Waals surface area contributed by atoms with Crippen LogP contribution in [0.1, 0.15) is 40.3 Å². The molecule has 1 fully saturated rings. The van der Waals surface area contributed by atoms with E-state index in [1.807, 2.05) is 6.07 Å². The molecule has 0 saturated carbocycles. The number of piperidine rings is 1. The molecule has 1 aliphatic rings. The van der Waals surface area contributed by atoms with E-state index in [0.29, 0.717) is 38.0 Å². The second-order valence-corrected chi connectivity index (χ2v) is 7.21. The number of carboxylic acid groups (broad SMARTS) is 1. The minimum Gasteiger partial charge on any atom is -0.481 e. The standard InChI is InChI=1S/C18H19FN2O3S/c19-14-3-1-2-13(8-14)9-16-20-15(11-25-16)18(24)21-6-4-12(5-7-21)10-17(22)23/h1-3,8,11-12H,4-7,9-10H2,(H,22,23). The number of carbonyl (C=O) groups is 2. The van der Waals surface area contributed by atoms with E-state index >= 15 is 0 Å². The first-order valence-corrected chi connectivity index (χ1v) is 9.09. The normalized spacial score (nSPS) is 15.3. The van der Waals surface area contributed by atoms with Gasteiger partial charge < -0.3 is 10.0 Å². The molecular weight excluding hydrogens is 343 g/mol. The second-order valence-electron chi connectivity index (χ2n) is 6.27. The van der Waals surface area contributed by atoms with Crippen molar-refractivity contribution in [1.29, 1.82) is 0 Å². The van der Waals surface area contributed by atoms with Gasteiger partial charge in [-0.1, -0.05) is 12.1 Å². The zero-order valence-electron chi connectivity index (χ0n) is 13.7. The van der Waals surface area contributed by atoms with Crippen molar-refractivity contribution in [3.8, 4) is 0 Å². The monoisotopic (exact) mass is 362 g/mol. The summed E-state index contributed by atoms with van der Waals surface area (Å²) in [6, 6.07) is 6.36. The van der Waals surface area contributed by atoms with Crippen molar-refractivity contribution in [3.05, 3.63) is 51.7 Å². The van der Waals surface area contributed by atoms with Gasteiger partial charge in [0.2, 0.25) is 0 Å². The summed E-state index contributed by atoms with van der Waals surface area (Å²) >= 11 is 1.39. The molecule has 3 rings (SSSR count). The minimum atomic E-state index is -0.786. The van der Waals surface area contributed by atoms with Gasteiger partial charge in [-0.3, -0.25) is 9.59 Å². The van der Waals surface area contributed by atoms with Crippen molar-refractivity contribution >= 4 is 23.2 Å². The van der Waals surface area contributed by atoms with E-state index in [0.717, 1.165) is 10.6 Å². The number of amides is 1. The number of nitrogens with zero attached hydrogens (tertiary/aromatic N) is 2. The van der Waals surface area contributed by atoms with Gasteiger partial charge in [-0.05, 0) is 36.5 Å². The lowest BCUT2D eigenvalue weighted by Gasteiger charge is -2.30. The molecule has 7 heteroatoms. The maximum atomic E-state index is 13.2. The summed E-state index contributed by atoms with van der Waals surface area (Å²) in [7, 11) is 0.